The van der Waals surface area contributed by atoms with Crippen LogP contribution in [0.5, 0.6) is 0 Å². The Bertz CT molecular complexity index is 408. The molecule has 0 bridgehead atoms. The van der Waals surface area contributed by atoms with Crippen molar-refractivity contribution < 1.29 is 0 Å². The van der Waals surface area contributed by atoms with Gasteiger partial charge in [-0.15, -0.1) is 11.3 Å². The summed E-state index contributed by atoms with van der Waals surface area (Å²) in [7, 11) is 0. The lowest BCUT2D eigenvalue weighted by molar-refractivity contribution is 0.347. The van der Waals surface area contributed by atoms with E-state index in [-0.39, 0.29) is 0 Å². The van der Waals surface area contributed by atoms with Crippen LogP contribution in [0.1, 0.15) is 37.8 Å². The van der Waals surface area contributed by atoms with Gasteiger partial charge in [-0.2, -0.15) is 0 Å². The number of hydrogen-bond donors (Lipinski definition) is 1. The summed E-state index contributed by atoms with van der Waals surface area (Å²) >= 11 is 13.8. The van der Waals surface area contributed by atoms with Crippen molar-refractivity contribution in [1.29, 1.82) is 0 Å². The standard InChI is InChI=1S/C13H17Cl2NS/c1-2-16-12(9-4-7-3-8(7)5-9)10-6-11(14)17-13(10)15/h6-9,12,16H,2-5H2,1H3. The molecule has 2 saturated carbocycles. The first-order valence-electron chi connectivity index (χ1n) is 6.37. The van der Waals surface area contributed by atoms with Crippen molar-refractivity contribution >= 4 is 34.5 Å². The van der Waals surface area contributed by atoms with Crippen LogP contribution in [-0.2, 0) is 0 Å². The Balaban J connectivity index is 1.81. The van der Waals surface area contributed by atoms with E-state index in [1.165, 1.54) is 36.2 Å². The van der Waals surface area contributed by atoms with E-state index in [9.17, 15) is 0 Å². The molecule has 0 amide bonds. The van der Waals surface area contributed by atoms with E-state index in [4.69, 9.17) is 23.2 Å². The molecular weight excluding hydrogens is 273 g/mol. The molecule has 1 nitrogen and oxygen atoms in total. The molecule has 0 spiro atoms. The zero-order valence-electron chi connectivity index (χ0n) is 9.88. The van der Waals surface area contributed by atoms with Crippen LogP contribution in [-0.4, -0.2) is 6.54 Å². The number of hydrogen-bond acceptors (Lipinski definition) is 2. The normalized spacial score (nSPS) is 32.5. The summed E-state index contributed by atoms with van der Waals surface area (Å²) < 4.78 is 1.66. The predicted molar refractivity (Wildman–Crippen MR) is 75.1 cm³/mol. The van der Waals surface area contributed by atoms with E-state index in [2.05, 4.69) is 12.2 Å². The molecule has 0 radical (unpaired) electrons. The van der Waals surface area contributed by atoms with Crippen LogP contribution in [0.15, 0.2) is 6.07 Å². The lowest BCUT2D eigenvalue weighted by Gasteiger charge is -2.25. The van der Waals surface area contributed by atoms with E-state index in [0.717, 1.165) is 33.0 Å². The summed E-state index contributed by atoms with van der Waals surface area (Å²) in [6, 6.07) is 2.45. The molecule has 0 aromatic carbocycles. The Morgan fingerprint density at radius 3 is 2.59 bits per heavy atom. The third kappa shape index (κ3) is 2.37. The average molecular weight is 290 g/mol. The smallest absolute Gasteiger partial charge is 0.0992 e. The molecule has 1 aromatic rings. The Kier molecular flexibility index (Phi) is 3.42. The zero-order valence-corrected chi connectivity index (χ0v) is 12.2. The Morgan fingerprint density at radius 2 is 2.06 bits per heavy atom. The third-order valence-electron chi connectivity index (χ3n) is 4.19. The summed E-state index contributed by atoms with van der Waals surface area (Å²) in [6.45, 7) is 3.14. The van der Waals surface area contributed by atoms with Crippen molar-refractivity contribution in [3.8, 4) is 0 Å². The quantitative estimate of drug-likeness (QED) is 0.843. The lowest BCUT2D eigenvalue weighted by atomic mass is 9.90. The fourth-order valence-electron chi connectivity index (χ4n) is 3.35. The molecule has 1 heterocycles. The highest BCUT2D eigenvalue weighted by Crippen LogP contribution is 2.57. The summed E-state index contributed by atoms with van der Waals surface area (Å²) in [5.74, 6) is 2.77. The number of nitrogens with one attached hydrogen (secondary N) is 1. The fraction of sp³-hybridized carbons (Fsp3) is 0.692. The summed E-state index contributed by atoms with van der Waals surface area (Å²) in [5.41, 5.74) is 1.22. The van der Waals surface area contributed by atoms with Crippen molar-refractivity contribution in [3.63, 3.8) is 0 Å². The molecular formula is C13H17Cl2NS. The first-order valence-corrected chi connectivity index (χ1v) is 7.94. The van der Waals surface area contributed by atoms with Gasteiger partial charge >= 0.3 is 0 Å². The maximum atomic E-state index is 6.30. The van der Waals surface area contributed by atoms with Crippen LogP contribution in [0.2, 0.25) is 8.67 Å². The minimum Gasteiger partial charge on any atom is -0.310 e. The van der Waals surface area contributed by atoms with Crippen LogP contribution in [0.4, 0.5) is 0 Å². The number of rotatable bonds is 4. The molecule has 2 aliphatic rings. The van der Waals surface area contributed by atoms with E-state index >= 15 is 0 Å². The maximum absolute atomic E-state index is 6.30. The molecule has 1 aromatic heterocycles. The highest BCUT2D eigenvalue weighted by Gasteiger charge is 2.48. The molecule has 94 valence electrons. The van der Waals surface area contributed by atoms with Crippen molar-refractivity contribution in [2.45, 2.75) is 32.2 Å². The van der Waals surface area contributed by atoms with Crippen LogP contribution in [0, 0.1) is 17.8 Å². The molecule has 0 saturated heterocycles. The summed E-state index contributed by atoms with van der Waals surface area (Å²) in [6.07, 6.45) is 4.20. The van der Waals surface area contributed by atoms with Gasteiger partial charge in [-0.3, -0.25) is 0 Å². The van der Waals surface area contributed by atoms with Crippen molar-refractivity contribution in [2.24, 2.45) is 17.8 Å². The fourth-order valence-corrected chi connectivity index (χ4v) is 4.90. The zero-order chi connectivity index (χ0) is 12.0. The second-order valence-corrected chi connectivity index (χ2v) is 7.59. The van der Waals surface area contributed by atoms with Gasteiger partial charge < -0.3 is 5.32 Å². The average Bonchev–Trinajstić information content (AvgIpc) is 2.75. The van der Waals surface area contributed by atoms with Gasteiger partial charge in [0.05, 0.1) is 8.67 Å². The lowest BCUT2D eigenvalue weighted by Crippen LogP contribution is -2.27. The highest BCUT2D eigenvalue weighted by atomic mass is 35.5. The Morgan fingerprint density at radius 1 is 1.35 bits per heavy atom. The van der Waals surface area contributed by atoms with Gasteiger partial charge in [-0.05, 0) is 49.6 Å². The molecule has 4 heteroatoms. The third-order valence-corrected chi connectivity index (χ3v) is 5.71. The van der Waals surface area contributed by atoms with Crippen molar-refractivity contribution in [3.05, 3.63) is 20.3 Å². The van der Waals surface area contributed by atoms with E-state index in [0.29, 0.717) is 6.04 Å². The first kappa shape index (κ1) is 12.3. The second-order valence-electron chi connectivity index (χ2n) is 5.30. The Labute approximate surface area is 117 Å². The van der Waals surface area contributed by atoms with Gasteiger partial charge in [-0.25, -0.2) is 0 Å². The minimum absolute atomic E-state index is 0.407. The van der Waals surface area contributed by atoms with E-state index in [1.54, 1.807) is 0 Å². The van der Waals surface area contributed by atoms with E-state index in [1.807, 2.05) is 6.07 Å². The number of thiophene rings is 1. The summed E-state index contributed by atoms with van der Waals surface area (Å²) in [5, 5.41) is 3.60. The molecule has 3 atom stereocenters. The van der Waals surface area contributed by atoms with Gasteiger partial charge in [0.25, 0.3) is 0 Å². The van der Waals surface area contributed by atoms with Gasteiger partial charge in [0.1, 0.15) is 0 Å². The van der Waals surface area contributed by atoms with Crippen molar-refractivity contribution in [2.75, 3.05) is 6.54 Å². The van der Waals surface area contributed by atoms with Gasteiger partial charge in [0.15, 0.2) is 0 Å². The van der Waals surface area contributed by atoms with Gasteiger partial charge in [-0.1, -0.05) is 30.1 Å². The number of halogens is 2. The van der Waals surface area contributed by atoms with Gasteiger partial charge in [0.2, 0.25) is 0 Å². The molecule has 2 fully saturated rings. The van der Waals surface area contributed by atoms with Gasteiger partial charge in [0, 0.05) is 11.6 Å². The predicted octanol–water partition coefficient (Wildman–Crippen LogP) is 4.75. The molecule has 0 aliphatic heterocycles. The molecule has 2 aliphatic carbocycles. The minimum atomic E-state index is 0.407. The van der Waals surface area contributed by atoms with Crippen molar-refractivity contribution in [1.82, 2.24) is 5.32 Å². The topological polar surface area (TPSA) is 12.0 Å². The number of fused-ring (bicyclic) bond motifs is 1. The first-order chi connectivity index (χ1) is 8.19. The van der Waals surface area contributed by atoms with Crippen LogP contribution in [0.25, 0.3) is 0 Å². The molecule has 3 rings (SSSR count). The van der Waals surface area contributed by atoms with E-state index < -0.39 is 0 Å². The molecule has 1 N–H and O–H groups in total. The Hall–Kier alpha value is 0.240. The van der Waals surface area contributed by atoms with Crippen LogP contribution < -0.4 is 5.32 Å². The molecule has 3 unspecified atom stereocenters. The monoisotopic (exact) mass is 289 g/mol. The van der Waals surface area contributed by atoms with Crippen LogP contribution in [0.3, 0.4) is 0 Å². The SMILES string of the molecule is CCNC(c1cc(Cl)sc1Cl)C1CC2CC2C1. The largest absolute Gasteiger partial charge is 0.310 e. The highest BCUT2D eigenvalue weighted by molar-refractivity contribution is 7.20. The summed E-state index contributed by atoms with van der Waals surface area (Å²) in [4.78, 5) is 0. The maximum Gasteiger partial charge on any atom is 0.0992 e. The molecule has 17 heavy (non-hydrogen) atoms. The second kappa shape index (κ2) is 4.73. The van der Waals surface area contributed by atoms with Crippen LogP contribution >= 0.6 is 34.5 Å².